The van der Waals surface area contributed by atoms with E-state index < -0.39 is 5.60 Å². The van der Waals surface area contributed by atoms with Crippen molar-refractivity contribution < 1.29 is 33.3 Å². The molecule has 2 fully saturated rings. The second kappa shape index (κ2) is 12.1. The predicted molar refractivity (Wildman–Crippen MR) is 157 cm³/mol. The fourth-order valence-corrected chi connectivity index (χ4v) is 5.91. The van der Waals surface area contributed by atoms with E-state index in [9.17, 15) is 14.4 Å². The lowest BCUT2D eigenvalue weighted by molar-refractivity contribution is 0.0126. The fourth-order valence-electron chi connectivity index (χ4n) is 5.91. The van der Waals surface area contributed by atoms with Crippen molar-refractivity contribution in [3.8, 4) is 11.5 Å². The molecular weight excluding hydrogens is 538 g/mol. The van der Waals surface area contributed by atoms with E-state index in [2.05, 4.69) is 0 Å². The van der Waals surface area contributed by atoms with Gasteiger partial charge in [0.2, 0.25) is 0 Å². The number of likely N-dealkylation sites (tertiary alicyclic amines) is 2. The highest BCUT2D eigenvalue weighted by Crippen LogP contribution is 2.36. The topological polar surface area (TPSA) is 97.9 Å². The number of rotatable bonds is 5. The summed E-state index contributed by atoms with van der Waals surface area (Å²) in [6.07, 6.45) is 1.99. The molecule has 3 aliphatic rings. The Hall–Kier alpha value is -3.95. The van der Waals surface area contributed by atoms with E-state index in [-0.39, 0.29) is 36.8 Å². The van der Waals surface area contributed by atoms with Crippen molar-refractivity contribution in [1.29, 1.82) is 0 Å². The quantitative estimate of drug-likeness (QED) is 0.459. The first-order valence-electron chi connectivity index (χ1n) is 14.7. The zero-order chi connectivity index (χ0) is 30.0. The first kappa shape index (κ1) is 29.5. The Morgan fingerprint density at radius 1 is 0.929 bits per heavy atom. The van der Waals surface area contributed by atoms with Gasteiger partial charge >= 0.3 is 12.2 Å². The second-order valence-corrected chi connectivity index (χ2v) is 12.1. The molecule has 10 nitrogen and oxygen atoms in total. The van der Waals surface area contributed by atoms with E-state index >= 15 is 0 Å². The molecule has 0 spiro atoms. The van der Waals surface area contributed by atoms with Gasteiger partial charge in [-0.05, 0) is 58.7 Å². The molecule has 0 saturated carbocycles. The maximum Gasteiger partial charge on any atom is 0.414 e. The molecular formula is C32H41N3O7. The summed E-state index contributed by atoms with van der Waals surface area (Å²) in [5, 5.41) is 0. The van der Waals surface area contributed by atoms with Gasteiger partial charge in [0.05, 0.1) is 18.4 Å². The van der Waals surface area contributed by atoms with E-state index in [1.807, 2.05) is 62.9 Å². The first-order chi connectivity index (χ1) is 20.1. The van der Waals surface area contributed by atoms with Crippen LogP contribution in [0.4, 0.5) is 15.3 Å². The van der Waals surface area contributed by atoms with Crippen LogP contribution in [0.15, 0.2) is 36.4 Å². The van der Waals surface area contributed by atoms with Gasteiger partial charge in [0, 0.05) is 56.2 Å². The Kier molecular flexibility index (Phi) is 8.52. The minimum Gasteiger partial charge on any atom is -0.495 e. The van der Waals surface area contributed by atoms with Crippen molar-refractivity contribution in [2.24, 2.45) is 0 Å². The number of anilines is 1. The average molecular weight is 580 g/mol. The summed E-state index contributed by atoms with van der Waals surface area (Å²) in [4.78, 5) is 44.0. The number of hydrogen-bond donors (Lipinski definition) is 0. The zero-order valence-electron chi connectivity index (χ0n) is 25.2. The lowest BCUT2D eigenvalue weighted by Crippen LogP contribution is -2.50. The van der Waals surface area contributed by atoms with Crippen molar-refractivity contribution in [2.75, 3.05) is 38.2 Å². The van der Waals surface area contributed by atoms with E-state index in [0.717, 1.165) is 16.8 Å². The van der Waals surface area contributed by atoms with Crippen molar-refractivity contribution in [2.45, 2.75) is 77.7 Å². The van der Waals surface area contributed by atoms with Gasteiger partial charge in [-0.1, -0.05) is 18.2 Å². The van der Waals surface area contributed by atoms with Crippen LogP contribution in [0.25, 0.3) is 0 Å². The van der Waals surface area contributed by atoms with Crippen LogP contribution in [0.1, 0.15) is 67.9 Å². The third kappa shape index (κ3) is 6.27. The molecule has 42 heavy (non-hydrogen) atoms. The maximum atomic E-state index is 13.6. The van der Waals surface area contributed by atoms with Crippen LogP contribution in [0.2, 0.25) is 0 Å². The molecule has 0 aromatic heterocycles. The summed E-state index contributed by atoms with van der Waals surface area (Å²) in [6.45, 7) is 9.92. The van der Waals surface area contributed by atoms with E-state index in [0.29, 0.717) is 68.9 Å². The SMILES string of the molecule is COc1c(C(=O)N2CCC(N3C(=O)OCc4ccccc43)CC2)ccc(OC2CCN(C(=O)OC(C)(C)C)CC2)c1C. The van der Waals surface area contributed by atoms with E-state index in [4.69, 9.17) is 18.9 Å². The number of methoxy groups -OCH3 is 1. The van der Waals surface area contributed by atoms with Crippen molar-refractivity contribution in [1.82, 2.24) is 9.80 Å². The molecule has 3 heterocycles. The summed E-state index contributed by atoms with van der Waals surface area (Å²) in [5.41, 5.74) is 2.61. The Labute approximate surface area is 247 Å². The molecule has 0 atom stereocenters. The van der Waals surface area contributed by atoms with Gasteiger partial charge in [-0.3, -0.25) is 9.69 Å². The molecule has 0 aliphatic carbocycles. The third-order valence-corrected chi connectivity index (χ3v) is 8.09. The predicted octanol–water partition coefficient (Wildman–Crippen LogP) is 5.54. The Morgan fingerprint density at radius 3 is 2.26 bits per heavy atom. The lowest BCUT2D eigenvalue weighted by Gasteiger charge is -2.40. The highest BCUT2D eigenvalue weighted by molar-refractivity contribution is 5.98. The van der Waals surface area contributed by atoms with E-state index in [1.54, 1.807) is 23.0 Å². The fraction of sp³-hybridized carbons (Fsp3) is 0.531. The van der Waals surface area contributed by atoms with Crippen molar-refractivity contribution >= 4 is 23.8 Å². The van der Waals surface area contributed by atoms with Gasteiger partial charge in [0.15, 0.2) is 0 Å². The van der Waals surface area contributed by atoms with Crippen LogP contribution < -0.4 is 14.4 Å². The van der Waals surface area contributed by atoms with Gasteiger partial charge in [0.1, 0.15) is 29.8 Å². The number of para-hydroxylation sites is 1. The van der Waals surface area contributed by atoms with Crippen LogP contribution in [-0.2, 0) is 16.1 Å². The van der Waals surface area contributed by atoms with Crippen LogP contribution in [0.5, 0.6) is 11.5 Å². The molecule has 226 valence electrons. The summed E-state index contributed by atoms with van der Waals surface area (Å²) < 4.78 is 22.9. The van der Waals surface area contributed by atoms with E-state index in [1.165, 1.54) is 0 Å². The molecule has 0 N–H and O–H groups in total. The van der Waals surface area contributed by atoms with Crippen LogP contribution in [0.3, 0.4) is 0 Å². The number of piperidine rings is 2. The molecule has 0 radical (unpaired) electrons. The molecule has 0 bridgehead atoms. The minimum atomic E-state index is -0.527. The summed E-state index contributed by atoms with van der Waals surface area (Å²) >= 11 is 0. The summed E-state index contributed by atoms with van der Waals surface area (Å²) in [7, 11) is 1.56. The highest BCUT2D eigenvalue weighted by Gasteiger charge is 2.36. The molecule has 0 unspecified atom stereocenters. The number of benzene rings is 2. The first-order valence-corrected chi connectivity index (χ1v) is 14.7. The zero-order valence-corrected chi connectivity index (χ0v) is 25.2. The largest absolute Gasteiger partial charge is 0.495 e. The molecule has 2 aromatic rings. The summed E-state index contributed by atoms with van der Waals surface area (Å²) in [6, 6.07) is 11.4. The number of carbonyl (C=O) groups excluding carboxylic acids is 3. The molecule has 2 saturated heterocycles. The number of carbonyl (C=O) groups is 3. The van der Waals surface area contributed by atoms with Gasteiger partial charge in [-0.15, -0.1) is 0 Å². The second-order valence-electron chi connectivity index (χ2n) is 12.1. The Balaban J connectivity index is 1.20. The standard InChI is InChI=1S/C32H41N3O7/c1-21-27(41-24-14-18-34(19-15-24)30(37)42-32(2,3)4)11-10-25(28(21)39-5)29(36)33-16-12-23(13-17-33)35-26-9-7-6-8-22(26)20-40-31(35)38/h6-11,23-24H,12-20H2,1-5H3. The minimum absolute atomic E-state index is 0.0378. The smallest absolute Gasteiger partial charge is 0.414 e. The van der Waals surface area contributed by atoms with Gasteiger partial charge < -0.3 is 28.7 Å². The van der Waals surface area contributed by atoms with Gasteiger partial charge in [-0.2, -0.15) is 0 Å². The molecule has 5 rings (SSSR count). The van der Waals surface area contributed by atoms with Crippen molar-refractivity contribution in [3.63, 3.8) is 0 Å². The molecule has 2 aromatic carbocycles. The molecule has 3 aliphatic heterocycles. The summed E-state index contributed by atoms with van der Waals surface area (Å²) in [5.74, 6) is 1.06. The number of cyclic esters (lactones) is 1. The van der Waals surface area contributed by atoms with Crippen molar-refractivity contribution in [3.05, 3.63) is 53.1 Å². The van der Waals surface area contributed by atoms with Crippen LogP contribution in [0, 0.1) is 6.92 Å². The third-order valence-electron chi connectivity index (χ3n) is 8.09. The maximum absolute atomic E-state index is 13.6. The Morgan fingerprint density at radius 2 is 1.60 bits per heavy atom. The van der Waals surface area contributed by atoms with Gasteiger partial charge in [-0.25, -0.2) is 9.59 Å². The number of fused-ring (bicyclic) bond motifs is 1. The van der Waals surface area contributed by atoms with Crippen LogP contribution >= 0.6 is 0 Å². The Bertz CT molecular complexity index is 1320. The molecule has 10 heteroatoms. The van der Waals surface area contributed by atoms with Crippen LogP contribution in [-0.4, -0.2) is 78.9 Å². The average Bonchev–Trinajstić information content (AvgIpc) is 2.97. The molecule has 3 amide bonds. The lowest BCUT2D eigenvalue weighted by atomic mass is 9.99. The number of nitrogens with zero attached hydrogens (tertiary/aromatic N) is 3. The normalized spacial score (nSPS) is 18.3. The van der Waals surface area contributed by atoms with Gasteiger partial charge in [0.25, 0.3) is 5.91 Å². The number of ether oxygens (including phenoxy) is 4. The number of amides is 3. The monoisotopic (exact) mass is 579 g/mol. The number of hydrogen-bond acceptors (Lipinski definition) is 7. The highest BCUT2D eigenvalue weighted by atomic mass is 16.6.